The molecule has 0 aliphatic heterocycles. The zero-order chi connectivity index (χ0) is 21.5. The molecule has 0 bridgehead atoms. The number of benzene rings is 1. The summed E-state index contributed by atoms with van der Waals surface area (Å²) in [6, 6.07) is 14.0. The lowest BCUT2D eigenvalue weighted by molar-refractivity contribution is -0.139. The molecule has 0 fully saturated rings. The second-order valence-corrected chi connectivity index (χ2v) is 6.73. The third-order valence-electron chi connectivity index (χ3n) is 4.31. The molecule has 0 saturated heterocycles. The number of carboxylic acid groups (broad SMARTS) is 1. The van der Waals surface area contributed by atoms with E-state index in [-0.39, 0.29) is 11.6 Å². The topological polar surface area (TPSA) is 127 Å². The maximum absolute atomic E-state index is 12.7. The summed E-state index contributed by atoms with van der Waals surface area (Å²) in [4.78, 5) is 31.9. The third-order valence-corrected chi connectivity index (χ3v) is 4.31. The lowest BCUT2D eigenvalue weighted by Gasteiger charge is -2.15. The van der Waals surface area contributed by atoms with Gasteiger partial charge in [0.25, 0.3) is 0 Å². The fraction of sp³-hybridized carbons (Fsp3) is 0.182. The van der Waals surface area contributed by atoms with Gasteiger partial charge in [-0.15, -0.1) is 0 Å². The highest BCUT2D eigenvalue weighted by Gasteiger charge is 2.18. The van der Waals surface area contributed by atoms with Gasteiger partial charge in [0.2, 0.25) is 11.8 Å². The molecule has 154 valence electrons. The highest BCUT2D eigenvalue weighted by atomic mass is 16.5. The Hall–Kier alpha value is -3.78. The molecule has 3 rings (SSSR count). The predicted octanol–water partition coefficient (Wildman–Crippen LogP) is 2.42. The third kappa shape index (κ3) is 5.62. The van der Waals surface area contributed by atoms with Gasteiger partial charge in [-0.05, 0) is 42.7 Å². The Bertz CT molecular complexity index is 1040. The van der Waals surface area contributed by atoms with Crippen LogP contribution in [0.4, 0.5) is 5.69 Å². The van der Waals surface area contributed by atoms with E-state index in [9.17, 15) is 9.59 Å². The molecular weight excluding hydrogens is 384 g/mol. The van der Waals surface area contributed by atoms with Gasteiger partial charge in [0.15, 0.2) is 6.61 Å². The Balaban J connectivity index is 1.84. The van der Waals surface area contributed by atoms with Crippen LogP contribution in [0.5, 0.6) is 5.88 Å². The second-order valence-electron chi connectivity index (χ2n) is 6.73. The summed E-state index contributed by atoms with van der Waals surface area (Å²) in [5.74, 6) is -1.57. The molecule has 0 radical (unpaired) electrons. The van der Waals surface area contributed by atoms with Crippen molar-refractivity contribution in [1.82, 2.24) is 9.97 Å². The van der Waals surface area contributed by atoms with Crippen LogP contribution in [0.3, 0.4) is 0 Å². The van der Waals surface area contributed by atoms with Gasteiger partial charge in [0, 0.05) is 23.7 Å². The minimum absolute atomic E-state index is 0.00666. The Morgan fingerprint density at radius 2 is 1.90 bits per heavy atom. The molecular formula is C22H22N4O4. The van der Waals surface area contributed by atoms with Crippen molar-refractivity contribution < 1.29 is 19.4 Å². The number of nitrogens with two attached hydrogens (primary N) is 1. The number of nitrogens with zero attached hydrogens (tertiary/aromatic N) is 2. The Kier molecular flexibility index (Phi) is 6.71. The number of hydrogen-bond acceptors (Lipinski definition) is 6. The van der Waals surface area contributed by atoms with Crippen LogP contribution in [0.25, 0.3) is 11.1 Å². The van der Waals surface area contributed by atoms with E-state index in [0.717, 1.165) is 22.4 Å². The average molecular weight is 406 g/mol. The Morgan fingerprint density at radius 1 is 1.13 bits per heavy atom. The van der Waals surface area contributed by atoms with E-state index in [4.69, 9.17) is 15.6 Å². The number of anilines is 1. The molecule has 0 spiro atoms. The van der Waals surface area contributed by atoms with Gasteiger partial charge in [-0.25, -0.2) is 9.78 Å². The molecule has 2 heterocycles. The Morgan fingerprint density at radius 3 is 2.60 bits per heavy atom. The molecule has 30 heavy (non-hydrogen) atoms. The van der Waals surface area contributed by atoms with Gasteiger partial charge < -0.3 is 20.9 Å². The predicted molar refractivity (Wildman–Crippen MR) is 112 cm³/mol. The molecule has 0 aliphatic rings. The lowest BCUT2D eigenvalue weighted by Crippen LogP contribution is -2.37. The highest BCUT2D eigenvalue weighted by molar-refractivity contribution is 5.96. The number of nitrogens with one attached hydrogen (secondary N) is 1. The zero-order valence-electron chi connectivity index (χ0n) is 16.4. The fourth-order valence-electron chi connectivity index (χ4n) is 2.86. The smallest absolute Gasteiger partial charge is 0.341 e. The molecule has 1 amide bonds. The second kappa shape index (κ2) is 9.62. The maximum atomic E-state index is 12.7. The van der Waals surface area contributed by atoms with Gasteiger partial charge in [-0.3, -0.25) is 9.78 Å². The molecule has 3 aromatic rings. The van der Waals surface area contributed by atoms with Crippen molar-refractivity contribution in [3.63, 3.8) is 0 Å². The van der Waals surface area contributed by atoms with Gasteiger partial charge >= 0.3 is 5.97 Å². The van der Waals surface area contributed by atoms with Crippen LogP contribution in [0.2, 0.25) is 0 Å². The van der Waals surface area contributed by atoms with E-state index in [0.29, 0.717) is 6.42 Å². The number of carbonyl (C=O) groups is 2. The minimum atomic E-state index is -1.15. The van der Waals surface area contributed by atoms with E-state index in [1.54, 1.807) is 18.5 Å². The number of rotatable bonds is 8. The molecule has 0 saturated carbocycles. The molecule has 4 N–H and O–H groups in total. The van der Waals surface area contributed by atoms with Gasteiger partial charge in [-0.1, -0.05) is 30.3 Å². The number of carbonyl (C=O) groups excluding carboxylic acids is 1. The summed E-state index contributed by atoms with van der Waals surface area (Å²) >= 11 is 0. The number of aryl methyl sites for hydroxylation is 1. The number of amides is 1. The first kappa shape index (κ1) is 20.9. The Labute approximate surface area is 173 Å². The first-order valence-corrected chi connectivity index (χ1v) is 9.30. The number of aliphatic carboxylic acids is 1. The lowest BCUT2D eigenvalue weighted by atomic mass is 10.1. The van der Waals surface area contributed by atoms with Crippen LogP contribution in [-0.4, -0.2) is 39.6 Å². The van der Waals surface area contributed by atoms with Crippen molar-refractivity contribution in [1.29, 1.82) is 0 Å². The summed E-state index contributed by atoms with van der Waals surface area (Å²) in [5, 5.41) is 11.6. The average Bonchev–Trinajstić information content (AvgIpc) is 2.73. The van der Waals surface area contributed by atoms with Crippen LogP contribution in [0, 0.1) is 6.92 Å². The van der Waals surface area contributed by atoms with E-state index in [2.05, 4.69) is 15.3 Å². The molecule has 8 heteroatoms. The van der Waals surface area contributed by atoms with E-state index >= 15 is 0 Å². The molecule has 2 aromatic heterocycles. The number of carboxylic acids is 1. The number of aromatic nitrogens is 2. The highest BCUT2D eigenvalue weighted by Crippen LogP contribution is 2.28. The monoisotopic (exact) mass is 406 g/mol. The summed E-state index contributed by atoms with van der Waals surface area (Å²) in [7, 11) is 0. The van der Waals surface area contributed by atoms with Crippen LogP contribution < -0.4 is 15.8 Å². The normalized spacial score (nSPS) is 11.5. The summed E-state index contributed by atoms with van der Waals surface area (Å²) in [6.45, 7) is 1.28. The first-order chi connectivity index (χ1) is 14.4. The van der Waals surface area contributed by atoms with Crippen LogP contribution in [0.15, 0.2) is 60.9 Å². The van der Waals surface area contributed by atoms with Crippen molar-refractivity contribution in [2.75, 3.05) is 11.9 Å². The van der Waals surface area contributed by atoms with Crippen molar-refractivity contribution in [2.24, 2.45) is 5.73 Å². The molecule has 0 aliphatic carbocycles. The summed E-state index contributed by atoms with van der Waals surface area (Å²) in [5.41, 5.74) is 9.64. The summed E-state index contributed by atoms with van der Waals surface area (Å²) < 4.78 is 5.23. The summed E-state index contributed by atoms with van der Waals surface area (Å²) in [6.07, 6.45) is 3.58. The van der Waals surface area contributed by atoms with Gasteiger partial charge in [0.1, 0.15) is 5.69 Å². The maximum Gasteiger partial charge on any atom is 0.341 e. The molecule has 0 unspecified atom stereocenters. The zero-order valence-corrected chi connectivity index (χ0v) is 16.4. The van der Waals surface area contributed by atoms with Crippen molar-refractivity contribution in [3.05, 3.63) is 72.2 Å². The number of hydrogen-bond donors (Lipinski definition) is 3. The fourth-order valence-corrected chi connectivity index (χ4v) is 2.86. The van der Waals surface area contributed by atoms with E-state index in [1.807, 2.05) is 49.4 Å². The number of pyridine rings is 2. The molecule has 8 nitrogen and oxygen atoms in total. The van der Waals surface area contributed by atoms with Crippen LogP contribution in [0.1, 0.15) is 11.3 Å². The van der Waals surface area contributed by atoms with Crippen molar-refractivity contribution in [3.8, 4) is 17.0 Å². The van der Waals surface area contributed by atoms with Crippen LogP contribution >= 0.6 is 0 Å². The van der Waals surface area contributed by atoms with Crippen LogP contribution in [-0.2, 0) is 16.0 Å². The first-order valence-electron chi connectivity index (χ1n) is 9.30. The van der Waals surface area contributed by atoms with Gasteiger partial charge in [0.05, 0.1) is 6.04 Å². The van der Waals surface area contributed by atoms with E-state index in [1.165, 1.54) is 0 Å². The van der Waals surface area contributed by atoms with E-state index < -0.39 is 24.5 Å². The van der Waals surface area contributed by atoms with Gasteiger partial charge in [-0.2, -0.15) is 0 Å². The molecule has 1 atom stereocenters. The van der Waals surface area contributed by atoms with Crippen molar-refractivity contribution in [2.45, 2.75) is 19.4 Å². The molecule has 1 aromatic carbocycles. The SMILES string of the molecule is Cc1cc(-c2cnc(OCC(=O)O)c(NC(=O)[C@@H](N)Cc3ccccc3)c2)ccn1. The largest absolute Gasteiger partial charge is 0.479 e. The minimum Gasteiger partial charge on any atom is -0.479 e. The quantitative estimate of drug-likeness (QED) is 0.524. The van der Waals surface area contributed by atoms with Crippen molar-refractivity contribution >= 4 is 17.6 Å². The number of ether oxygens (including phenoxy) is 1. The standard InChI is InChI=1S/C22H22N4O4/c1-14-9-16(7-8-24-14)17-11-19(22(25-12-17)30-13-20(27)28)26-21(29)18(23)10-15-5-3-2-4-6-15/h2-9,11-12,18H,10,13,23H2,1H3,(H,26,29)(H,27,28)/t18-/m0/s1.